The molecule has 3 N–H and O–H groups in total. The van der Waals surface area contributed by atoms with Gasteiger partial charge in [-0.3, -0.25) is 9.59 Å². The first-order valence-electron chi connectivity index (χ1n) is 20.1. The third-order valence-corrected chi connectivity index (χ3v) is 8.89. The number of nitrogens with one attached hydrogen (secondary N) is 1. The number of hydrogen-bond donors (Lipinski definition) is 2. The van der Waals surface area contributed by atoms with Crippen LogP contribution in [0.1, 0.15) is 239 Å². The van der Waals surface area contributed by atoms with Gasteiger partial charge in [-0.05, 0) is 19.3 Å². The zero-order valence-electron chi connectivity index (χ0n) is 30.6. The van der Waals surface area contributed by atoms with Crippen molar-refractivity contribution >= 4 is 11.8 Å². The van der Waals surface area contributed by atoms with Crippen LogP contribution in [0.5, 0.6) is 0 Å². The predicted octanol–water partition coefficient (Wildman–Crippen LogP) is 12.9. The van der Waals surface area contributed by atoms with E-state index >= 15 is 0 Å². The molecule has 4 heteroatoms. The molecular weight excluding hydrogens is 540 g/mol. The number of unbranched alkanes of at least 4 members (excludes halogenated alkanes) is 29. The van der Waals surface area contributed by atoms with Crippen LogP contribution in [0, 0.1) is 0 Å². The second kappa shape index (κ2) is 41.9. The van der Waals surface area contributed by atoms with Crippen molar-refractivity contribution in [2.24, 2.45) is 5.73 Å². The van der Waals surface area contributed by atoms with Crippen molar-refractivity contribution in [1.82, 2.24) is 5.32 Å². The topological polar surface area (TPSA) is 72.2 Å². The molecule has 0 unspecified atom stereocenters. The molecule has 0 aliphatic heterocycles. The highest BCUT2D eigenvalue weighted by Gasteiger charge is 2.01. The first-order valence-corrected chi connectivity index (χ1v) is 20.1. The molecule has 0 aliphatic carbocycles. The van der Waals surface area contributed by atoms with Gasteiger partial charge in [-0.25, -0.2) is 0 Å². The van der Waals surface area contributed by atoms with Gasteiger partial charge in [0.05, 0.1) is 0 Å². The fraction of sp³-hybridized carbons (Fsp3) is 0.950. The minimum atomic E-state index is -0.153. The van der Waals surface area contributed by atoms with Crippen molar-refractivity contribution < 1.29 is 9.59 Å². The lowest BCUT2D eigenvalue weighted by Gasteiger charge is -2.05. The Morgan fingerprint density at radius 1 is 0.364 bits per heavy atom. The van der Waals surface area contributed by atoms with Crippen LogP contribution in [0.25, 0.3) is 0 Å². The highest BCUT2D eigenvalue weighted by Crippen LogP contribution is 2.14. The number of carbonyl (C=O) groups is 2. The lowest BCUT2D eigenvalue weighted by molar-refractivity contribution is -0.121. The van der Waals surface area contributed by atoms with E-state index in [9.17, 15) is 9.59 Å². The van der Waals surface area contributed by atoms with Crippen molar-refractivity contribution in [2.45, 2.75) is 239 Å². The Balaban J connectivity index is 0. The highest BCUT2D eigenvalue weighted by atomic mass is 16.1. The molecule has 0 rings (SSSR count). The van der Waals surface area contributed by atoms with Gasteiger partial charge in [-0.15, -0.1) is 0 Å². The second-order valence-corrected chi connectivity index (χ2v) is 13.6. The lowest BCUT2D eigenvalue weighted by atomic mass is 10.0. The number of primary amides is 1. The van der Waals surface area contributed by atoms with Gasteiger partial charge in [0.25, 0.3) is 0 Å². The average molecular weight is 623 g/mol. The summed E-state index contributed by atoms with van der Waals surface area (Å²) >= 11 is 0. The Morgan fingerprint density at radius 2 is 0.614 bits per heavy atom. The zero-order chi connectivity index (χ0) is 32.6. The number of carbonyl (C=O) groups excluding carboxylic acids is 2. The zero-order valence-corrected chi connectivity index (χ0v) is 30.6. The van der Waals surface area contributed by atoms with E-state index < -0.39 is 0 Å². The minimum Gasteiger partial charge on any atom is -0.370 e. The van der Waals surface area contributed by atoms with Gasteiger partial charge in [-0.2, -0.15) is 0 Å². The van der Waals surface area contributed by atoms with E-state index in [-0.39, 0.29) is 11.8 Å². The van der Waals surface area contributed by atoms with Crippen molar-refractivity contribution in [3.63, 3.8) is 0 Å². The van der Waals surface area contributed by atoms with Crippen LogP contribution in [0.4, 0.5) is 0 Å². The largest absolute Gasteiger partial charge is 0.370 e. The molecule has 0 aromatic rings. The Labute approximate surface area is 277 Å². The molecule has 0 spiro atoms. The van der Waals surface area contributed by atoms with E-state index in [2.05, 4.69) is 26.1 Å². The van der Waals surface area contributed by atoms with Gasteiger partial charge < -0.3 is 11.1 Å². The monoisotopic (exact) mass is 623 g/mol. The maximum absolute atomic E-state index is 11.7. The Kier molecular flexibility index (Phi) is 43.0. The number of nitrogens with two attached hydrogens (primary N) is 1. The number of rotatable bonds is 35. The molecule has 0 bridgehead atoms. The fourth-order valence-corrected chi connectivity index (χ4v) is 5.84. The van der Waals surface area contributed by atoms with Gasteiger partial charge >= 0.3 is 0 Å². The van der Waals surface area contributed by atoms with Crippen LogP contribution >= 0.6 is 0 Å². The summed E-state index contributed by atoms with van der Waals surface area (Å²) in [6.45, 7) is 7.64. The number of amides is 2. The van der Waals surface area contributed by atoms with Gasteiger partial charge in [0, 0.05) is 19.4 Å². The van der Waals surface area contributed by atoms with Gasteiger partial charge in [-0.1, -0.05) is 207 Å². The molecule has 0 aliphatic rings. The Morgan fingerprint density at radius 3 is 0.909 bits per heavy atom. The smallest absolute Gasteiger partial charge is 0.219 e. The van der Waals surface area contributed by atoms with Crippen molar-refractivity contribution in [3.8, 4) is 0 Å². The fourth-order valence-electron chi connectivity index (χ4n) is 5.84. The SMILES string of the molecule is CCCCCCCCCCCCCCCC(=O)NCCCCCC.CCCCCCCCCCCCCCCCCC(N)=O. The van der Waals surface area contributed by atoms with E-state index in [1.807, 2.05) is 0 Å². The number of hydrogen-bond acceptors (Lipinski definition) is 2. The van der Waals surface area contributed by atoms with Gasteiger partial charge in [0.2, 0.25) is 11.8 Å². The van der Waals surface area contributed by atoms with Crippen LogP contribution in [-0.2, 0) is 9.59 Å². The van der Waals surface area contributed by atoms with E-state index in [4.69, 9.17) is 5.73 Å². The average Bonchev–Trinajstić information content (AvgIpc) is 3.01. The molecular formula is C40H82N2O2. The third kappa shape index (κ3) is 45.4. The summed E-state index contributed by atoms with van der Waals surface area (Å²) in [6, 6.07) is 0. The van der Waals surface area contributed by atoms with Crippen molar-refractivity contribution in [3.05, 3.63) is 0 Å². The molecule has 0 atom stereocenters. The summed E-state index contributed by atoms with van der Waals surface area (Å²) in [4.78, 5) is 22.2. The Bertz CT molecular complexity index is 551. The van der Waals surface area contributed by atoms with E-state index in [1.165, 1.54) is 186 Å². The Hall–Kier alpha value is -1.06. The highest BCUT2D eigenvalue weighted by molar-refractivity contribution is 5.75. The predicted molar refractivity (Wildman–Crippen MR) is 196 cm³/mol. The van der Waals surface area contributed by atoms with Crippen LogP contribution < -0.4 is 11.1 Å². The summed E-state index contributed by atoms with van der Waals surface area (Å²) in [5, 5.41) is 3.05. The summed E-state index contributed by atoms with van der Waals surface area (Å²) in [5.41, 5.74) is 5.11. The molecule has 0 aromatic heterocycles. The molecule has 0 radical (unpaired) electrons. The van der Waals surface area contributed by atoms with Crippen LogP contribution in [0.15, 0.2) is 0 Å². The molecule has 4 nitrogen and oxygen atoms in total. The van der Waals surface area contributed by atoms with Crippen molar-refractivity contribution in [1.29, 1.82) is 0 Å². The first-order chi connectivity index (χ1) is 21.6. The first kappa shape index (κ1) is 45.1. The van der Waals surface area contributed by atoms with Crippen LogP contribution in [-0.4, -0.2) is 18.4 Å². The molecule has 0 fully saturated rings. The quantitative estimate of drug-likeness (QED) is 0.0690. The normalized spacial score (nSPS) is 10.9. The second-order valence-electron chi connectivity index (χ2n) is 13.6. The molecule has 2 amide bonds. The molecule has 0 saturated heterocycles. The third-order valence-electron chi connectivity index (χ3n) is 8.89. The van der Waals surface area contributed by atoms with E-state index in [1.54, 1.807) is 0 Å². The van der Waals surface area contributed by atoms with Gasteiger partial charge in [0.1, 0.15) is 0 Å². The maximum Gasteiger partial charge on any atom is 0.219 e. The maximum atomic E-state index is 11.7. The minimum absolute atomic E-state index is 0.153. The van der Waals surface area contributed by atoms with Crippen LogP contribution in [0.3, 0.4) is 0 Å². The summed E-state index contributed by atoms with van der Waals surface area (Å²) in [7, 11) is 0. The van der Waals surface area contributed by atoms with Crippen molar-refractivity contribution in [2.75, 3.05) is 6.54 Å². The molecule has 0 heterocycles. The lowest BCUT2D eigenvalue weighted by Crippen LogP contribution is -2.23. The summed E-state index contributed by atoms with van der Waals surface area (Å²) in [5.74, 6) is 0.106. The molecule has 0 saturated carbocycles. The molecule has 44 heavy (non-hydrogen) atoms. The van der Waals surface area contributed by atoms with E-state index in [0.717, 1.165) is 32.2 Å². The van der Waals surface area contributed by atoms with Crippen LogP contribution in [0.2, 0.25) is 0 Å². The van der Waals surface area contributed by atoms with E-state index in [0.29, 0.717) is 6.42 Å². The summed E-state index contributed by atoms with van der Waals surface area (Å²) in [6.07, 6.45) is 44.2. The standard InChI is InChI=1S/C22H45NO.C18H37NO/c1-3-5-7-9-10-11-12-13-14-15-16-17-18-20-22(24)23-21-19-8-6-4-2;1-2-3-4-5-6-7-8-9-10-11-12-13-14-15-16-17-18(19)20/h3-21H2,1-2H3,(H,23,24);2-17H2,1H3,(H2,19,20). The molecule has 264 valence electrons. The summed E-state index contributed by atoms with van der Waals surface area (Å²) < 4.78 is 0. The molecule has 0 aromatic carbocycles. The van der Waals surface area contributed by atoms with Gasteiger partial charge in [0.15, 0.2) is 0 Å².